The molecule has 1 saturated heterocycles. The molecule has 2 atom stereocenters. The maximum Gasteiger partial charge on any atom is 0.172 e. The molecule has 2 unspecified atom stereocenters. The van der Waals surface area contributed by atoms with E-state index in [2.05, 4.69) is 10.6 Å². The van der Waals surface area contributed by atoms with Gasteiger partial charge in [0, 0.05) is 26.7 Å². The Morgan fingerprint density at radius 2 is 2.60 bits per heavy atom. The Hall–Kier alpha value is -0.160. The van der Waals surface area contributed by atoms with E-state index < -0.39 is 6.29 Å². The normalized spacial score (nSPS) is 30.0. The lowest BCUT2D eigenvalue weighted by Gasteiger charge is -2.25. The highest BCUT2D eigenvalue weighted by molar-refractivity contribution is 4.76. The van der Waals surface area contributed by atoms with Crippen LogP contribution < -0.4 is 10.6 Å². The molecule has 0 aromatic rings. The molecule has 4 heteroatoms. The largest absolute Gasteiger partial charge is 0.367 e. The maximum absolute atomic E-state index is 9.13. The molecule has 1 aliphatic rings. The summed E-state index contributed by atoms with van der Waals surface area (Å²) < 4.78 is 4.71. The first-order chi connectivity index (χ1) is 4.84. The van der Waals surface area contributed by atoms with E-state index in [1.807, 2.05) is 0 Å². The van der Waals surface area contributed by atoms with Crippen LogP contribution in [-0.2, 0) is 4.74 Å². The average molecular weight is 145 g/mol. The molecular weight excluding hydrogens is 132 g/mol. The van der Waals surface area contributed by atoms with E-state index in [9.17, 15) is 0 Å². The van der Waals surface area contributed by atoms with Crippen molar-refractivity contribution < 1.29 is 9.84 Å². The van der Waals surface area contributed by atoms with Crippen molar-refractivity contribution in [3.63, 3.8) is 0 Å². The monoisotopic (exact) mass is 145 g/mol. The van der Waals surface area contributed by atoms with Gasteiger partial charge in [-0.2, -0.15) is 0 Å². The number of nitrogens with zero attached hydrogens (tertiary/aromatic N) is 1. The van der Waals surface area contributed by atoms with E-state index in [0.29, 0.717) is 0 Å². The molecule has 10 heavy (non-hydrogen) atoms. The van der Waals surface area contributed by atoms with Crippen molar-refractivity contribution in [3.8, 4) is 0 Å². The fourth-order valence-corrected chi connectivity index (χ4v) is 0.972. The van der Waals surface area contributed by atoms with Gasteiger partial charge in [0.1, 0.15) is 0 Å². The van der Waals surface area contributed by atoms with Gasteiger partial charge in [-0.15, -0.1) is 0 Å². The van der Waals surface area contributed by atoms with Gasteiger partial charge in [0.15, 0.2) is 6.29 Å². The summed E-state index contributed by atoms with van der Waals surface area (Å²) in [5.74, 6) is 0. The highest BCUT2D eigenvalue weighted by Crippen LogP contribution is 1.96. The first-order valence-electron chi connectivity index (χ1n) is 3.43. The second-order valence-electron chi connectivity index (χ2n) is 2.30. The SMILES string of the molecule is COC(O)C1CNCC[N]1. The first-order valence-corrected chi connectivity index (χ1v) is 3.43. The summed E-state index contributed by atoms with van der Waals surface area (Å²) in [5, 5.41) is 16.4. The third-order valence-electron chi connectivity index (χ3n) is 1.58. The molecule has 0 saturated carbocycles. The van der Waals surface area contributed by atoms with Crippen LogP contribution >= 0.6 is 0 Å². The van der Waals surface area contributed by atoms with E-state index in [-0.39, 0.29) is 6.04 Å². The zero-order valence-electron chi connectivity index (χ0n) is 6.08. The molecule has 0 aromatic heterocycles. The van der Waals surface area contributed by atoms with Crippen molar-refractivity contribution in [2.45, 2.75) is 12.3 Å². The number of aliphatic hydroxyl groups is 1. The third-order valence-corrected chi connectivity index (χ3v) is 1.58. The molecule has 0 amide bonds. The minimum absolute atomic E-state index is 0.0845. The number of ether oxygens (including phenoxy) is 1. The molecule has 2 N–H and O–H groups in total. The molecule has 1 fully saturated rings. The molecule has 1 radical (unpaired) electrons. The predicted octanol–water partition coefficient (Wildman–Crippen LogP) is -1.47. The van der Waals surface area contributed by atoms with Gasteiger partial charge < -0.3 is 15.2 Å². The molecule has 0 aliphatic carbocycles. The second kappa shape index (κ2) is 3.88. The van der Waals surface area contributed by atoms with E-state index in [4.69, 9.17) is 9.84 Å². The molecule has 59 valence electrons. The topological polar surface area (TPSA) is 55.6 Å². The Bertz CT molecular complexity index is 93.7. The lowest BCUT2D eigenvalue weighted by Crippen LogP contribution is -2.50. The van der Waals surface area contributed by atoms with Crippen LogP contribution in [0.5, 0.6) is 0 Å². The Balaban J connectivity index is 2.24. The minimum Gasteiger partial charge on any atom is -0.367 e. The Labute approximate surface area is 60.6 Å². The highest BCUT2D eigenvalue weighted by atomic mass is 16.6. The van der Waals surface area contributed by atoms with Gasteiger partial charge in [-0.25, -0.2) is 5.32 Å². The number of piperazine rings is 1. The Kier molecular flexibility index (Phi) is 3.08. The average Bonchev–Trinajstić information content (AvgIpc) is 2.05. The van der Waals surface area contributed by atoms with Crippen LogP contribution in [0.4, 0.5) is 0 Å². The summed E-state index contributed by atoms with van der Waals surface area (Å²) in [6.07, 6.45) is -0.743. The van der Waals surface area contributed by atoms with Gasteiger partial charge in [0.2, 0.25) is 0 Å². The van der Waals surface area contributed by atoms with E-state index in [1.165, 1.54) is 7.11 Å². The van der Waals surface area contributed by atoms with Crippen LogP contribution in [0.3, 0.4) is 0 Å². The summed E-state index contributed by atoms with van der Waals surface area (Å²) in [6.45, 7) is 2.40. The van der Waals surface area contributed by atoms with Gasteiger partial charge in [0.25, 0.3) is 0 Å². The van der Waals surface area contributed by atoms with Crippen LogP contribution in [0.2, 0.25) is 0 Å². The first kappa shape index (κ1) is 7.94. The zero-order chi connectivity index (χ0) is 7.40. The molecule has 0 aromatic carbocycles. The molecule has 0 bridgehead atoms. The minimum atomic E-state index is -0.743. The maximum atomic E-state index is 9.13. The van der Waals surface area contributed by atoms with E-state index in [0.717, 1.165) is 19.6 Å². The summed E-state index contributed by atoms with van der Waals surface area (Å²) in [4.78, 5) is 0. The summed E-state index contributed by atoms with van der Waals surface area (Å²) in [6, 6.07) is -0.0845. The van der Waals surface area contributed by atoms with Crippen molar-refractivity contribution in [3.05, 3.63) is 0 Å². The van der Waals surface area contributed by atoms with Gasteiger partial charge in [-0.1, -0.05) is 0 Å². The number of hydrogen-bond donors (Lipinski definition) is 2. The zero-order valence-corrected chi connectivity index (χ0v) is 6.08. The second-order valence-corrected chi connectivity index (χ2v) is 2.30. The number of nitrogens with one attached hydrogen (secondary N) is 1. The molecular formula is C6H13N2O2. The highest BCUT2D eigenvalue weighted by Gasteiger charge is 2.21. The molecule has 1 aliphatic heterocycles. The Morgan fingerprint density at radius 1 is 1.80 bits per heavy atom. The number of methoxy groups -OCH3 is 1. The molecule has 4 nitrogen and oxygen atoms in total. The van der Waals surface area contributed by atoms with Gasteiger partial charge in [-0.05, 0) is 0 Å². The third kappa shape index (κ3) is 1.91. The summed E-state index contributed by atoms with van der Waals surface area (Å²) in [7, 11) is 1.48. The molecule has 0 spiro atoms. The predicted molar refractivity (Wildman–Crippen MR) is 36.7 cm³/mol. The van der Waals surface area contributed by atoms with Crippen LogP contribution in [-0.4, -0.2) is 44.2 Å². The van der Waals surface area contributed by atoms with E-state index >= 15 is 0 Å². The van der Waals surface area contributed by atoms with Crippen molar-refractivity contribution in [1.82, 2.24) is 10.6 Å². The van der Waals surface area contributed by atoms with Crippen LogP contribution in [0.1, 0.15) is 0 Å². The summed E-state index contributed by atoms with van der Waals surface area (Å²) in [5.41, 5.74) is 0. The smallest absolute Gasteiger partial charge is 0.172 e. The van der Waals surface area contributed by atoms with Gasteiger partial charge in [-0.3, -0.25) is 0 Å². The van der Waals surface area contributed by atoms with Gasteiger partial charge in [0.05, 0.1) is 6.04 Å². The number of rotatable bonds is 2. The quantitative estimate of drug-likeness (QED) is 0.466. The van der Waals surface area contributed by atoms with Gasteiger partial charge >= 0.3 is 0 Å². The van der Waals surface area contributed by atoms with Crippen molar-refractivity contribution in [2.75, 3.05) is 26.7 Å². The van der Waals surface area contributed by atoms with Crippen LogP contribution in [0, 0.1) is 0 Å². The van der Waals surface area contributed by atoms with Crippen LogP contribution in [0.15, 0.2) is 0 Å². The molecule has 1 rings (SSSR count). The fourth-order valence-electron chi connectivity index (χ4n) is 0.972. The van der Waals surface area contributed by atoms with Crippen molar-refractivity contribution in [2.24, 2.45) is 0 Å². The number of hydrogen-bond acceptors (Lipinski definition) is 3. The fraction of sp³-hybridized carbons (Fsp3) is 1.00. The number of aliphatic hydroxyl groups excluding tert-OH is 1. The van der Waals surface area contributed by atoms with Crippen molar-refractivity contribution >= 4 is 0 Å². The van der Waals surface area contributed by atoms with Crippen LogP contribution in [0.25, 0.3) is 0 Å². The lowest BCUT2D eigenvalue weighted by atomic mass is 10.2. The molecule has 1 heterocycles. The van der Waals surface area contributed by atoms with E-state index in [1.54, 1.807) is 0 Å². The summed E-state index contributed by atoms with van der Waals surface area (Å²) >= 11 is 0. The lowest BCUT2D eigenvalue weighted by molar-refractivity contribution is -0.0992. The standard InChI is InChI=1S/C6H13N2O2/c1-10-6(9)5-4-7-2-3-8-5/h5-7,9H,2-4H2,1H3. The Morgan fingerprint density at radius 3 is 3.10 bits per heavy atom. The van der Waals surface area contributed by atoms with Crippen molar-refractivity contribution in [1.29, 1.82) is 0 Å².